The van der Waals surface area contributed by atoms with Crippen molar-refractivity contribution in [1.29, 1.82) is 0 Å². The highest BCUT2D eigenvalue weighted by Gasteiger charge is 2.30. The second kappa shape index (κ2) is 7.08. The van der Waals surface area contributed by atoms with Crippen LogP contribution >= 0.6 is 11.6 Å². The van der Waals surface area contributed by atoms with Crippen LogP contribution in [0, 0.1) is 0 Å². The van der Waals surface area contributed by atoms with E-state index in [0.717, 1.165) is 73.8 Å². The number of quaternary nitrogens is 1. The van der Waals surface area contributed by atoms with Crippen molar-refractivity contribution >= 4 is 28.5 Å². The summed E-state index contributed by atoms with van der Waals surface area (Å²) in [5, 5.41) is 1.55. The maximum absolute atomic E-state index is 12.4. The molecule has 0 saturated carbocycles. The first-order chi connectivity index (χ1) is 13.6. The van der Waals surface area contributed by atoms with E-state index in [1.165, 1.54) is 4.90 Å². The lowest BCUT2D eigenvalue weighted by Crippen LogP contribution is -3.12. The minimum Gasteiger partial charge on any atom is -0.443 e. The molecule has 148 valence electrons. The number of fused-ring (bicyclic) bond motifs is 5. The van der Waals surface area contributed by atoms with Gasteiger partial charge in [0.1, 0.15) is 6.54 Å². The van der Waals surface area contributed by atoms with E-state index in [2.05, 4.69) is 0 Å². The number of nitrogens with one attached hydrogen (secondary N) is 1. The first kappa shape index (κ1) is 18.0. The van der Waals surface area contributed by atoms with E-state index in [-0.39, 0.29) is 11.5 Å². The molecule has 1 fully saturated rings. The molecule has 1 aliphatic carbocycles. The molecule has 5 rings (SSSR count). The number of amides is 1. The molecule has 6 nitrogen and oxygen atoms in total. The Morgan fingerprint density at radius 1 is 1.11 bits per heavy atom. The molecule has 1 unspecified atom stereocenters. The Balaban J connectivity index is 1.40. The van der Waals surface area contributed by atoms with Gasteiger partial charge in [-0.05, 0) is 37.3 Å². The van der Waals surface area contributed by atoms with E-state index in [1.807, 2.05) is 11.0 Å². The number of rotatable bonds is 4. The van der Waals surface area contributed by atoms with Crippen LogP contribution in [0.2, 0.25) is 5.02 Å². The zero-order valence-corrected chi connectivity index (χ0v) is 16.6. The van der Waals surface area contributed by atoms with Gasteiger partial charge in [-0.1, -0.05) is 11.6 Å². The van der Waals surface area contributed by atoms with E-state index in [1.54, 1.807) is 0 Å². The monoisotopic (exact) mass is 403 g/mol. The Bertz CT molecular complexity index is 1020. The van der Waals surface area contributed by atoms with Crippen LogP contribution in [0.5, 0.6) is 5.75 Å². The summed E-state index contributed by atoms with van der Waals surface area (Å²) in [6.45, 7) is 3.81. The highest BCUT2D eigenvalue weighted by atomic mass is 35.5. The minimum absolute atomic E-state index is 0.218. The number of ether oxygens (including phenoxy) is 1. The third-order valence-corrected chi connectivity index (χ3v) is 6.52. The molecule has 3 heterocycles. The lowest BCUT2D eigenvalue weighted by atomic mass is 10.0. The van der Waals surface area contributed by atoms with Crippen LogP contribution in [0.3, 0.4) is 0 Å². The van der Waals surface area contributed by atoms with Crippen LogP contribution in [0.1, 0.15) is 42.4 Å². The third kappa shape index (κ3) is 2.99. The maximum atomic E-state index is 12.4. The smallest absolute Gasteiger partial charge is 0.339 e. The summed E-state index contributed by atoms with van der Waals surface area (Å²) in [5.41, 5.74) is 3.21. The van der Waals surface area contributed by atoms with Crippen molar-refractivity contribution in [2.75, 3.05) is 26.4 Å². The van der Waals surface area contributed by atoms with Crippen molar-refractivity contribution in [1.82, 2.24) is 4.90 Å². The molecule has 1 aromatic carbocycles. The number of aryl methyl sites for hydroxylation is 1. The van der Waals surface area contributed by atoms with E-state index < -0.39 is 0 Å². The summed E-state index contributed by atoms with van der Waals surface area (Å²) in [7, 11) is 0. The largest absolute Gasteiger partial charge is 0.443 e. The van der Waals surface area contributed by atoms with E-state index >= 15 is 0 Å². The summed E-state index contributed by atoms with van der Waals surface area (Å²) in [5.74, 6) is 0.914. The molecule has 1 aromatic heterocycles. The topological polar surface area (TPSA) is 64.2 Å². The molecular weight excluding hydrogens is 380 g/mol. The summed E-state index contributed by atoms with van der Waals surface area (Å²) >= 11 is 6.52. The minimum atomic E-state index is -0.218. The summed E-state index contributed by atoms with van der Waals surface area (Å²) < 4.78 is 11.7. The van der Waals surface area contributed by atoms with Gasteiger partial charge in [-0.15, -0.1) is 0 Å². The van der Waals surface area contributed by atoms with Gasteiger partial charge in [0.25, 0.3) is 0 Å². The van der Waals surface area contributed by atoms with Crippen molar-refractivity contribution in [3.05, 3.63) is 38.2 Å². The molecule has 1 atom stereocenters. The second-order valence-corrected chi connectivity index (χ2v) is 8.45. The van der Waals surface area contributed by atoms with Crippen molar-refractivity contribution in [3.63, 3.8) is 0 Å². The predicted molar refractivity (Wildman–Crippen MR) is 105 cm³/mol. The van der Waals surface area contributed by atoms with Crippen molar-refractivity contribution < 1.29 is 18.8 Å². The number of halogens is 1. The highest BCUT2D eigenvalue weighted by Crippen LogP contribution is 2.39. The molecule has 1 saturated heterocycles. The average molecular weight is 404 g/mol. The third-order valence-electron chi connectivity index (χ3n) is 6.24. The molecule has 28 heavy (non-hydrogen) atoms. The lowest BCUT2D eigenvalue weighted by molar-refractivity contribution is -0.932. The van der Waals surface area contributed by atoms with Gasteiger partial charge >= 0.3 is 5.63 Å². The van der Waals surface area contributed by atoms with Crippen LogP contribution in [0.25, 0.3) is 11.0 Å². The van der Waals surface area contributed by atoms with Gasteiger partial charge in [-0.25, -0.2) is 4.79 Å². The Morgan fingerprint density at radius 3 is 2.79 bits per heavy atom. The highest BCUT2D eigenvalue weighted by molar-refractivity contribution is 6.33. The van der Waals surface area contributed by atoms with Crippen molar-refractivity contribution in [3.8, 4) is 5.75 Å². The predicted octanol–water partition coefficient (Wildman–Crippen LogP) is 1.68. The first-order valence-corrected chi connectivity index (χ1v) is 10.5. The van der Waals surface area contributed by atoms with Crippen LogP contribution in [-0.4, -0.2) is 37.2 Å². The number of carbonyl (C=O) groups is 1. The molecule has 7 heteroatoms. The van der Waals surface area contributed by atoms with Crippen LogP contribution in [0.4, 0.5) is 0 Å². The first-order valence-electron chi connectivity index (χ1n) is 10.2. The fraction of sp³-hybridized carbons (Fsp3) is 0.524. The summed E-state index contributed by atoms with van der Waals surface area (Å²) in [4.78, 5) is 27.4. The van der Waals surface area contributed by atoms with E-state index in [0.29, 0.717) is 36.1 Å². The molecule has 2 aromatic rings. The molecule has 0 spiro atoms. The molecule has 1 amide bonds. The fourth-order valence-corrected chi connectivity index (χ4v) is 5.12. The van der Waals surface area contributed by atoms with Crippen molar-refractivity contribution in [2.24, 2.45) is 0 Å². The molecule has 1 N–H and O–H groups in total. The molecule has 0 radical (unpaired) electrons. The quantitative estimate of drug-likeness (QED) is 0.789. The number of benzene rings is 1. The Kier molecular flexibility index (Phi) is 4.56. The average Bonchev–Trinajstić information content (AvgIpc) is 3.33. The fourth-order valence-electron chi connectivity index (χ4n) is 4.84. The molecule has 3 aliphatic rings. The van der Waals surface area contributed by atoms with Gasteiger partial charge in [-0.3, -0.25) is 9.69 Å². The van der Waals surface area contributed by atoms with Gasteiger partial charge in [0.2, 0.25) is 12.6 Å². The standard InChI is InChI=1S/C21H23ClN2O4/c22-17-10-15-13-4-1-5-14(13)21(26)28-19(15)16-11-23(12-27-20(16)17)7-3-9-24-8-2-6-18(24)25/h10H,1-9,11-12H2/p+1. The van der Waals surface area contributed by atoms with Crippen LogP contribution < -0.4 is 15.3 Å². The Labute approximate surface area is 168 Å². The van der Waals surface area contributed by atoms with Gasteiger partial charge in [0, 0.05) is 36.9 Å². The van der Waals surface area contributed by atoms with Gasteiger partial charge in [0.15, 0.2) is 11.3 Å². The maximum Gasteiger partial charge on any atom is 0.339 e. The SMILES string of the molecule is O=C1CCCN1CCC[NH+]1COc2c(Cl)cc3c4c(c(=O)oc3c2C1)CCC4. The number of nitrogens with zero attached hydrogens (tertiary/aromatic N) is 1. The molecule has 2 aliphatic heterocycles. The Morgan fingerprint density at radius 2 is 1.96 bits per heavy atom. The Hall–Kier alpha value is -2.05. The van der Waals surface area contributed by atoms with Crippen LogP contribution in [-0.2, 0) is 24.2 Å². The number of carbonyl (C=O) groups excluding carboxylic acids is 1. The lowest BCUT2D eigenvalue weighted by Gasteiger charge is -2.28. The van der Waals surface area contributed by atoms with Crippen LogP contribution in [0.15, 0.2) is 15.3 Å². The van der Waals surface area contributed by atoms with Crippen molar-refractivity contribution in [2.45, 2.75) is 45.1 Å². The zero-order chi connectivity index (χ0) is 19.3. The number of hydrogen-bond acceptors (Lipinski definition) is 4. The van der Waals surface area contributed by atoms with Gasteiger partial charge < -0.3 is 14.1 Å². The normalized spacial score (nSPS) is 21.1. The number of hydrogen-bond donors (Lipinski definition) is 1. The van der Waals surface area contributed by atoms with Gasteiger partial charge in [0.05, 0.1) is 17.1 Å². The van der Waals surface area contributed by atoms with E-state index in [4.69, 9.17) is 20.8 Å². The van der Waals surface area contributed by atoms with E-state index in [9.17, 15) is 9.59 Å². The second-order valence-electron chi connectivity index (χ2n) is 8.05. The summed E-state index contributed by atoms with van der Waals surface area (Å²) in [6.07, 6.45) is 5.24. The summed E-state index contributed by atoms with van der Waals surface area (Å²) in [6, 6.07) is 1.90. The molecule has 0 bridgehead atoms. The van der Waals surface area contributed by atoms with Gasteiger partial charge in [-0.2, -0.15) is 0 Å². The molecular formula is C21H24ClN2O4+. The number of likely N-dealkylation sites (tertiary alicyclic amines) is 1. The zero-order valence-electron chi connectivity index (χ0n) is 15.8.